The Morgan fingerprint density at radius 3 is 1.75 bits per heavy atom. The molecule has 2 aromatic carbocycles. The first-order chi connectivity index (χ1) is 9.36. The van der Waals surface area contributed by atoms with Crippen molar-refractivity contribution < 1.29 is 22.7 Å². The minimum Gasteiger partial charge on any atom is -0.457 e. The van der Waals surface area contributed by atoms with Crippen molar-refractivity contribution in [1.82, 2.24) is 0 Å². The lowest BCUT2D eigenvalue weighted by Gasteiger charge is -2.09. The highest BCUT2D eigenvalue weighted by atomic mass is 19.4. The Morgan fingerprint density at radius 2 is 1.35 bits per heavy atom. The van der Waals surface area contributed by atoms with Crippen molar-refractivity contribution in [3.63, 3.8) is 0 Å². The molecular formula is C15H11F3O2. The summed E-state index contributed by atoms with van der Waals surface area (Å²) >= 11 is 0. The van der Waals surface area contributed by atoms with Crippen molar-refractivity contribution in [2.75, 3.05) is 0 Å². The minimum absolute atomic E-state index is 0.0638. The molecule has 0 N–H and O–H groups in total. The van der Waals surface area contributed by atoms with Crippen molar-refractivity contribution in [3.05, 3.63) is 59.7 Å². The summed E-state index contributed by atoms with van der Waals surface area (Å²) in [6, 6.07) is 10.8. The molecule has 0 heterocycles. The average molecular weight is 280 g/mol. The molecule has 0 fully saturated rings. The zero-order chi connectivity index (χ0) is 14.8. The van der Waals surface area contributed by atoms with Crippen LogP contribution in [0, 0.1) is 0 Å². The van der Waals surface area contributed by atoms with Gasteiger partial charge < -0.3 is 4.74 Å². The predicted octanol–water partition coefficient (Wildman–Crippen LogP) is 4.70. The summed E-state index contributed by atoms with van der Waals surface area (Å²) < 4.78 is 42.6. The van der Waals surface area contributed by atoms with Crippen molar-refractivity contribution in [2.24, 2.45) is 0 Å². The van der Waals surface area contributed by atoms with Gasteiger partial charge in [0.2, 0.25) is 0 Å². The summed E-state index contributed by atoms with van der Waals surface area (Å²) in [5.74, 6) is 0.689. The zero-order valence-corrected chi connectivity index (χ0v) is 10.6. The topological polar surface area (TPSA) is 26.3 Å². The maximum Gasteiger partial charge on any atom is 0.416 e. The lowest BCUT2D eigenvalue weighted by molar-refractivity contribution is -0.137. The maximum absolute atomic E-state index is 12.4. The molecule has 0 amide bonds. The molecule has 2 nitrogen and oxygen atoms in total. The smallest absolute Gasteiger partial charge is 0.416 e. The van der Waals surface area contributed by atoms with E-state index in [9.17, 15) is 18.0 Å². The fraction of sp³-hybridized carbons (Fsp3) is 0.133. The number of rotatable bonds is 3. The van der Waals surface area contributed by atoms with E-state index in [-0.39, 0.29) is 5.78 Å². The molecule has 0 spiro atoms. The second-order valence-electron chi connectivity index (χ2n) is 4.20. The first kappa shape index (κ1) is 14.1. The van der Waals surface area contributed by atoms with E-state index >= 15 is 0 Å². The summed E-state index contributed by atoms with van der Waals surface area (Å²) in [4.78, 5) is 11.1. The summed E-state index contributed by atoms with van der Waals surface area (Å²) in [7, 11) is 0. The largest absolute Gasteiger partial charge is 0.457 e. The molecule has 5 heteroatoms. The van der Waals surface area contributed by atoms with Gasteiger partial charge in [0.15, 0.2) is 5.78 Å². The van der Waals surface area contributed by atoms with E-state index in [1.165, 1.54) is 19.1 Å². The molecule has 0 aromatic heterocycles. The van der Waals surface area contributed by atoms with Gasteiger partial charge >= 0.3 is 6.18 Å². The summed E-state index contributed by atoms with van der Waals surface area (Å²) in [5, 5.41) is 0. The lowest BCUT2D eigenvalue weighted by atomic mass is 10.1. The normalized spacial score (nSPS) is 11.2. The monoisotopic (exact) mass is 280 g/mol. The van der Waals surface area contributed by atoms with Gasteiger partial charge in [0.25, 0.3) is 0 Å². The number of carbonyl (C=O) groups is 1. The second kappa shape index (κ2) is 5.36. The Kier molecular flexibility index (Phi) is 3.79. The minimum atomic E-state index is -4.36. The summed E-state index contributed by atoms with van der Waals surface area (Å²) in [5.41, 5.74) is -0.179. The van der Waals surface area contributed by atoms with E-state index in [0.29, 0.717) is 17.1 Å². The number of benzene rings is 2. The highest BCUT2D eigenvalue weighted by Crippen LogP contribution is 2.31. The predicted molar refractivity (Wildman–Crippen MR) is 68.0 cm³/mol. The molecule has 0 saturated heterocycles. The van der Waals surface area contributed by atoms with Crippen LogP contribution < -0.4 is 4.74 Å². The molecule has 0 aliphatic carbocycles. The summed E-state index contributed by atoms with van der Waals surface area (Å²) in [6.07, 6.45) is -4.36. The van der Waals surface area contributed by atoms with Crippen molar-refractivity contribution in [1.29, 1.82) is 0 Å². The van der Waals surface area contributed by atoms with Crippen LogP contribution in [-0.4, -0.2) is 5.78 Å². The van der Waals surface area contributed by atoms with E-state index in [1.54, 1.807) is 24.3 Å². The van der Waals surface area contributed by atoms with E-state index in [0.717, 1.165) is 12.1 Å². The van der Waals surface area contributed by atoms with Gasteiger partial charge in [0, 0.05) is 5.56 Å². The highest BCUT2D eigenvalue weighted by Gasteiger charge is 2.30. The van der Waals surface area contributed by atoms with Crippen LogP contribution in [0.1, 0.15) is 22.8 Å². The van der Waals surface area contributed by atoms with Gasteiger partial charge in [0.1, 0.15) is 11.5 Å². The van der Waals surface area contributed by atoms with Crippen LogP contribution in [-0.2, 0) is 6.18 Å². The Morgan fingerprint density at radius 1 is 0.900 bits per heavy atom. The Bertz CT molecular complexity index is 599. The number of ether oxygens (including phenoxy) is 1. The third-order valence-corrected chi connectivity index (χ3v) is 2.68. The SMILES string of the molecule is CC(=O)c1ccc(Oc2ccc(C(F)(F)F)cc2)cc1. The maximum atomic E-state index is 12.4. The molecule has 104 valence electrons. The van der Waals surface area contributed by atoms with Crippen LogP contribution in [0.2, 0.25) is 0 Å². The quantitative estimate of drug-likeness (QED) is 0.762. The van der Waals surface area contributed by atoms with E-state index in [4.69, 9.17) is 4.74 Å². The second-order valence-corrected chi connectivity index (χ2v) is 4.20. The molecule has 0 saturated carbocycles. The van der Waals surface area contributed by atoms with Gasteiger partial charge in [-0.2, -0.15) is 13.2 Å². The number of hydrogen-bond acceptors (Lipinski definition) is 2. The summed E-state index contributed by atoms with van der Waals surface area (Å²) in [6.45, 7) is 1.45. The van der Waals surface area contributed by atoms with E-state index in [2.05, 4.69) is 0 Å². The molecule has 2 rings (SSSR count). The van der Waals surface area contributed by atoms with Crippen LogP contribution >= 0.6 is 0 Å². The van der Waals surface area contributed by atoms with Gasteiger partial charge in [-0.3, -0.25) is 4.79 Å². The number of ketones is 1. The van der Waals surface area contributed by atoms with Crippen LogP contribution in [0.3, 0.4) is 0 Å². The van der Waals surface area contributed by atoms with Gasteiger partial charge in [-0.05, 0) is 55.5 Å². The van der Waals surface area contributed by atoms with Crippen molar-refractivity contribution >= 4 is 5.78 Å². The molecule has 0 unspecified atom stereocenters. The molecule has 0 atom stereocenters. The first-order valence-electron chi connectivity index (χ1n) is 5.82. The Labute approximate surface area is 113 Å². The number of Topliss-reactive ketones (excluding diaryl/α,β-unsaturated/α-hetero) is 1. The van der Waals surface area contributed by atoms with Gasteiger partial charge in [-0.15, -0.1) is 0 Å². The van der Waals surface area contributed by atoms with Gasteiger partial charge in [-0.25, -0.2) is 0 Å². The van der Waals surface area contributed by atoms with Crippen molar-refractivity contribution in [2.45, 2.75) is 13.1 Å². The van der Waals surface area contributed by atoms with Crippen LogP contribution in [0.25, 0.3) is 0 Å². The zero-order valence-electron chi connectivity index (χ0n) is 10.6. The third kappa shape index (κ3) is 3.38. The number of carbonyl (C=O) groups excluding carboxylic acids is 1. The van der Waals surface area contributed by atoms with Crippen LogP contribution in [0.15, 0.2) is 48.5 Å². The third-order valence-electron chi connectivity index (χ3n) is 2.68. The molecule has 0 bridgehead atoms. The molecule has 0 aliphatic rings. The molecule has 0 radical (unpaired) electrons. The number of halogens is 3. The lowest BCUT2D eigenvalue weighted by Crippen LogP contribution is -2.03. The molecular weight excluding hydrogens is 269 g/mol. The van der Waals surface area contributed by atoms with Crippen molar-refractivity contribution in [3.8, 4) is 11.5 Å². The molecule has 20 heavy (non-hydrogen) atoms. The standard InChI is InChI=1S/C15H11F3O2/c1-10(19)11-2-6-13(7-3-11)20-14-8-4-12(5-9-14)15(16,17)18/h2-9H,1H3. The highest BCUT2D eigenvalue weighted by molar-refractivity contribution is 5.94. The fourth-order valence-corrected chi connectivity index (χ4v) is 1.61. The van der Waals surface area contributed by atoms with Gasteiger partial charge in [-0.1, -0.05) is 0 Å². The molecule has 2 aromatic rings. The van der Waals surface area contributed by atoms with Crippen LogP contribution in [0.5, 0.6) is 11.5 Å². The molecule has 0 aliphatic heterocycles. The number of hydrogen-bond donors (Lipinski definition) is 0. The van der Waals surface area contributed by atoms with E-state index < -0.39 is 11.7 Å². The number of alkyl halides is 3. The Hall–Kier alpha value is -2.30. The van der Waals surface area contributed by atoms with E-state index in [1.807, 2.05) is 0 Å². The fourth-order valence-electron chi connectivity index (χ4n) is 1.61. The first-order valence-corrected chi connectivity index (χ1v) is 5.82. The van der Waals surface area contributed by atoms with Crippen LogP contribution in [0.4, 0.5) is 13.2 Å². The average Bonchev–Trinajstić information content (AvgIpc) is 2.39. The Balaban J connectivity index is 2.12. The van der Waals surface area contributed by atoms with Gasteiger partial charge in [0.05, 0.1) is 5.56 Å².